The van der Waals surface area contributed by atoms with Gasteiger partial charge in [-0.1, -0.05) is 6.07 Å². The number of carbonyl (C=O) groups is 1. The SMILES string of the molecule is CN(C)CCn1ccnc1C1CCCN(C(=O)c2ccc3cc[nH]c3c2)C1. The van der Waals surface area contributed by atoms with Gasteiger partial charge in [-0.15, -0.1) is 0 Å². The van der Waals surface area contributed by atoms with Crippen molar-refractivity contribution in [1.29, 1.82) is 0 Å². The van der Waals surface area contributed by atoms with Crippen molar-refractivity contribution in [2.24, 2.45) is 0 Å². The van der Waals surface area contributed by atoms with Crippen LogP contribution in [0.25, 0.3) is 10.9 Å². The summed E-state index contributed by atoms with van der Waals surface area (Å²) < 4.78 is 2.24. The molecule has 0 saturated carbocycles. The minimum absolute atomic E-state index is 0.114. The summed E-state index contributed by atoms with van der Waals surface area (Å²) in [5.74, 6) is 1.52. The molecule has 2 aromatic heterocycles. The zero-order valence-corrected chi connectivity index (χ0v) is 16.1. The largest absolute Gasteiger partial charge is 0.361 e. The number of likely N-dealkylation sites (tertiary alicyclic amines) is 1. The maximum Gasteiger partial charge on any atom is 0.253 e. The number of imidazole rings is 1. The number of rotatable bonds is 5. The van der Waals surface area contributed by atoms with Gasteiger partial charge < -0.3 is 19.4 Å². The Morgan fingerprint density at radius 1 is 1.33 bits per heavy atom. The Morgan fingerprint density at radius 2 is 2.22 bits per heavy atom. The fourth-order valence-electron chi connectivity index (χ4n) is 3.91. The maximum absolute atomic E-state index is 13.1. The number of aromatic nitrogens is 3. The molecule has 0 aliphatic carbocycles. The van der Waals surface area contributed by atoms with Gasteiger partial charge in [-0.3, -0.25) is 4.79 Å². The molecule has 1 unspecified atom stereocenters. The van der Waals surface area contributed by atoms with Gasteiger partial charge in [0.15, 0.2) is 0 Å². The van der Waals surface area contributed by atoms with E-state index in [2.05, 4.69) is 39.7 Å². The molecule has 27 heavy (non-hydrogen) atoms. The molecular formula is C21H27N5O. The van der Waals surface area contributed by atoms with Crippen molar-refractivity contribution in [1.82, 2.24) is 24.3 Å². The molecule has 3 heterocycles. The van der Waals surface area contributed by atoms with E-state index in [4.69, 9.17) is 0 Å². The van der Waals surface area contributed by atoms with Crippen molar-refractivity contribution in [3.05, 3.63) is 54.2 Å². The van der Waals surface area contributed by atoms with Gasteiger partial charge in [0, 0.05) is 61.8 Å². The predicted octanol–water partition coefficient (Wildman–Crippen LogP) is 2.95. The average molecular weight is 365 g/mol. The first kappa shape index (κ1) is 17.8. The number of nitrogens with one attached hydrogen (secondary N) is 1. The molecule has 4 rings (SSSR count). The van der Waals surface area contributed by atoms with Gasteiger partial charge in [-0.25, -0.2) is 4.98 Å². The summed E-state index contributed by atoms with van der Waals surface area (Å²) in [7, 11) is 4.16. The summed E-state index contributed by atoms with van der Waals surface area (Å²) in [5.41, 5.74) is 1.76. The van der Waals surface area contributed by atoms with Gasteiger partial charge in [-0.2, -0.15) is 0 Å². The molecule has 1 N–H and O–H groups in total. The molecule has 1 atom stereocenters. The van der Waals surface area contributed by atoms with Gasteiger partial charge in [0.1, 0.15) is 5.82 Å². The summed E-state index contributed by atoms with van der Waals surface area (Å²) in [4.78, 5) is 25.0. The number of amides is 1. The second-order valence-corrected chi connectivity index (χ2v) is 7.65. The summed E-state index contributed by atoms with van der Waals surface area (Å²) in [6.45, 7) is 3.46. The fraction of sp³-hybridized carbons (Fsp3) is 0.429. The summed E-state index contributed by atoms with van der Waals surface area (Å²) in [6, 6.07) is 7.92. The molecule has 0 bridgehead atoms. The molecule has 1 amide bonds. The van der Waals surface area contributed by atoms with E-state index in [1.54, 1.807) is 0 Å². The van der Waals surface area contributed by atoms with E-state index >= 15 is 0 Å². The quantitative estimate of drug-likeness (QED) is 0.756. The van der Waals surface area contributed by atoms with Crippen LogP contribution in [0.5, 0.6) is 0 Å². The summed E-state index contributed by atoms with van der Waals surface area (Å²) in [5, 5.41) is 1.13. The van der Waals surface area contributed by atoms with E-state index in [0.717, 1.165) is 61.3 Å². The van der Waals surface area contributed by atoms with Crippen LogP contribution in [0.3, 0.4) is 0 Å². The Labute approximate surface area is 159 Å². The lowest BCUT2D eigenvalue weighted by atomic mass is 9.96. The highest BCUT2D eigenvalue weighted by atomic mass is 16.2. The third-order valence-electron chi connectivity index (χ3n) is 5.41. The molecule has 1 aliphatic heterocycles. The molecule has 1 aromatic carbocycles. The highest BCUT2D eigenvalue weighted by molar-refractivity contribution is 5.98. The Kier molecular flexibility index (Phi) is 4.99. The van der Waals surface area contributed by atoms with Gasteiger partial charge in [0.05, 0.1) is 0 Å². The lowest BCUT2D eigenvalue weighted by Gasteiger charge is -2.33. The first-order valence-corrected chi connectivity index (χ1v) is 9.64. The molecule has 1 saturated heterocycles. The Morgan fingerprint density at radius 3 is 3.07 bits per heavy atom. The van der Waals surface area contributed by atoms with Crippen LogP contribution in [0.1, 0.15) is 34.9 Å². The molecule has 1 aliphatic rings. The van der Waals surface area contributed by atoms with Crippen LogP contribution in [-0.4, -0.2) is 64.0 Å². The van der Waals surface area contributed by atoms with Gasteiger partial charge >= 0.3 is 0 Å². The molecule has 6 heteroatoms. The molecule has 3 aromatic rings. The van der Waals surface area contributed by atoms with Crippen molar-refractivity contribution in [3.8, 4) is 0 Å². The third kappa shape index (κ3) is 3.76. The number of hydrogen-bond acceptors (Lipinski definition) is 3. The van der Waals surface area contributed by atoms with Gasteiger partial charge in [0.25, 0.3) is 5.91 Å². The number of carbonyl (C=O) groups excluding carboxylic acids is 1. The lowest BCUT2D eigenvalue weighted by Crippen LogP contribution is -2.39. The molecule has 6 nitrogen and oxygen atoms in total. The summed E-state index contributed by atoms with van der Waals surface area (Å²) in [6.07, 6.45) is 7.94. The average Bonchev–Trinajstić information content (AvgIpc) is 3.34. The third-order valence-corrected chi connectivity index (χ3v) is 5.41. The van der Waals surface area contributed by atoms with Crippen LogP contribution in [0.2, 0.25) is 0 Å². The first-order valence-electron chi connectivity index (χ1n) is 9.64. The normalized spacial score (nSPS) is 17.7. The van der Waals surface area contributed by atoms with Crippen LogP contribution < -0.4 is 0 Å². The molecule has 1 fully saturated rings. The minimum atomic E-state index is 0.114. The molecule has 0 radical (unpaired) electrons. The van der Waals surface area contributed by atoms with E-state index in [0.29, 0.717) is 5.92 Å². The smallest absolute Gasteiger partial charge is 0.253 e. The minimum Gasteiger partial charge on any atom is -0.361 e. The Bertz CT molecular complexity index is 925. The van der Waals surface area contributed by atoms with Crippen LogP contribution in [0.4, 0.5) is 0 Å². The van der Waals surface area contributed by atoms with E-state index in [-0.39, 0.29) is 5.91 Å². The fourth-order valence-corrected chi connectivity index (χ4v) is 3.91. The van der Waals surface area contributed by atoms with Crippen molar-refractivity contribution in [2.45, 2.75) is 25.3 Å². The van der Waals surface area contributed by atoms with Crippen LogP contribution in [-0.2, 0) is 6.54 Å². The van der Waals surface area contributed by atoms with Crippen LogP contribution in [0, 0.1) is 0 Å². The van der Waals surface area contributed by atoms with Gasteiger partial charge in [-0.05, 0) is 50.5 Å². The lowest BCUT2D eigenvalue weighted by molar-refractivity contribution is 0.0703. The van der Waals surface area contributed by atoms with Crippen molar-refractivity contribution in [2.75, 3.05) is 33.7 Å². The molecular weight excluding hydrogens is 338 g/mol. The number of H-pyrrole nitrogens is 1. The van der Waals surface area contributed by atoms with Crippen LogP contribution in [0.15, 0.2) is 42.9 Å². The summed E-state index contributed by atoms with van der Waals surface area (Å²) >= 11 is 0. The zero-order valence-electron chi connectivity index (χ0n) is 16.1. The van der Waals surface area contributed by atoms with E-state index in [1.807, 2.05) is 41.6 Å². The number of likely N-dealkylation sites (N-methyl/N-ethyl adjacent to an activating group) is 1. The highest BCUT2D eigenvalue weighted by Gasteiger charge is 2.28. The second-order valence-electron chi connectivity index (χ2n) is 7.65. The monoisotopic (exact) mass is 365 g/mol. The van der Waals surface area contributed by atoms with Crippen molar-refractivity contribution >= 4 is 16.8 Å². The number of hydrogen-bond donors (Lipinski definition) is 1. The van der Waals surface area contributed by atoms with Crippen molar-refractivity contribution in [3.63, 3.8) is 0 Å². The topological polar surface area (TPSA) is 57.2 Å². The van der Waals surface area contributed by atoms with E-state index in [1.165, 1.54) is 0 Å². The highest BCUT2D eigenvalue weighted by Crippen LogP contribution is 2.27. The number of nitrogens with zero attached hydrogens (tertiary/aromatic N) is 4. The number of aromatic amines is 1. The number of piperidine rings is 1. The molecule has 142 valence electrons. The second kappa shape index (κ2) is 7.56. The number of benzene rings is 1. The molecule has 0 spiro atoms. The Balaban J connectivity index is 1.49. The number of fused-ring (bicyclic) bond motifs is 1. The predicted molar refractivity (Wildman–Crippen MR) is 107 cm³/mol. The Hall–Kier alpha value is -2.60. The van der Waals surface area contributed by atoms with Crippen molar-refractivity contribution < 1.29 is 4.79 Å². The standard InChI is InChI=1S/C21H27N5O/c1-24(2)12-13-25-11-9-23-20(25)18-4-3-10-26(15-18)21(27)17-6-5-16-7-8-22-19(16)14-17/h5-9,11,14,18,22H,3-4,10,12-13,15H2,1-2H3. The zero-order chi connectivity index (χ0) is 18.8. The first-order chi connectivity index (χ1) is 13.1. The van der Waals surface area contributed by atoms with Crippen LogP contribution >= 0.6 is 0 Å². The van der Waals surface area contributed by atoms with Gasteiger partial charge in [0.2, 0.25) is 0 Å². The maximum atomic E-state index is 13.1. The van der Waals surface area contributed by atoms with E-state index < -0.39 is 0 Å². The van der Waals surface area contributed by atoms with E-state index in [9.17, 15) is 4.79 Å².